The van der Waals surface area contributed by atoms with Crippen molar-refractivity contribution in [3.05, 3.63) is 207 Å². The third-order valence-electron chi connectivity index (χ3n) is 17.0. The van der Waals surface area contributed by atoms with Gasteiger partial charge in [-0.1, -0.05) is 337 Å². The molecule has 0 saturated heterocycles. The fourth-order valence-corrected chi connectivity index (χ4v) is 12.3. The normalized spacial score (nSPS) is 14.9. The van der Waals surface area contributed by atoms with Crippen LogP contribution in [0.25, 0.3) is 0 Å². The zero-order chi connectivity index (χ0) is 80.8. The second-order valence-electron chi connectivity index (χ2n) is 27.5. The molecule has 111 heavy (non-hydrogen) atoms. The first-order chi connectivity index (χ1) is 54.2. The van der Waals surface area contributed by atoms with Gasteiger partial charge in [0.1, 0.15) is 25.4 Å². The van der Waals surface area contributed by atoms with E-state index in [0.29, 0.717) is 25.7 Å². The summed E-state index contributed by atoms with van der Waals surface area (Å²) in [6.07, 6.45) is 112. The van der Waals surface area contributed by atoms with Crippen LogP contribution in [0.4, 0.5) is 0 Å². The molecule has 0 rings (SSSR count). The largest absolute Gasteiger partial charge is 0.472 e. The molecule has 628 valence electrons. The van der Waals surface area contributed by atoms with Gasteiger partial charge in [-0.3, -0.25) is 32.5 Å². The van der Waals surface area contributed by atoms with Gasteiger partial charge in [-0.25, -0.2) is 9.13 Å². The van der Waals surface area contributed by atoms with E-state index in [1.165, 1.54) is 103 Å². The van der Waals surface area contributed by atoms with Crippen molar-refractivity contribution in [1.29, 1.82) is 0 Å². The van der Waals surface area contributed by atoms with Gasteiger partial charge in [-0.15, -0.1) is 0 Å². The van der Waals surface area contributed by atoms with Crippen LogP contribution in [-0.2, 0) is 55.8 Å². The van der Waals surface area contributed by atoms with E-state index in [0.717, 1.165) is 135 Å². The Hall–Kier alpha value is -5.87. The lowest BCUT2D eigenvalue weighted by Crippen LogP contribution is -2.29. The molecule has 5 unspecified atom stereocenters. The number of hydrogen-bond acceptors (Lipinski definition) is 14. The molecule has 0 aliphatic carbocycles. The molecule has 0 amide bonds. The summed E-state index contributed by atoms with van der Waals surface area (Å²) in [6.45, 7) is 2.19. The van der Waals surface area contributed by atoms with Crippen LogP contribution >= 0.6 is 15.6 Å². The van der Waals surface area contributed by atoms with Crippen molar-refractivity contribution in [3.63, 3.8) is 0 Å². The van der Waals surface area contributed by atoms with Crippen molar-refractivity contribution in [2.24, 2.45) is 0 Å². The number of rotatable bonds is 78. The molecule has 0 aromatic heterocycles. The molecule has 4 N–H and O–H groups in total. The molecule has 5 atom stereocenters. The van der Waals surface area contributed by atoms with Crippen molar-refractivity contribution in [1.82, 2.24) is 0 Å². The Morgan fingerprint density at radius 3 is 0.766 bits per heavy atom. The molecular weight excluding hydrogens is 1430 g/mol. The summed E-state index contributed by atoms with van der Waals surface area (Å²) in [5.41, 5.74) is 0. The Morgan fingerprint density at radius 1 is 0.252 bits per heavy atom. The van der Waals surface area contributed by atoms with Crippen LogP contribution in [0.1, 0.15) is 303 Å². The van der Waals surface area contributed by atoms with Crippen molar-refractivity contribution in [2.45, 2.75) is 322 Å². The first-order valence-electron chi connectivity index (χ1n) is 42.4. The van der Waals surface area contributed by atoms with Gasteiger partial charge in [-0.05, 0) is 154 Å². The van der Waals surface area contributed by atoms with Crippen LogP contribution in [0.2, 0.25) is 0 Å². The van der Waals surface area contributed by atoms with Crippen molar-refractivity contribution >= 4 is 33.6 Å². The fraction of sp³-hybridized carbons (Fsp3) is 0.602. The average molecular weight is 1590 g/mol. The molecule has 0 bridgehead atoms. The number of aliphatic hydroxyl groups excluding tert-OH is 2. The summed E-state index contributed by atoms with van der Waals surface area (Å²) >= 11 is 0. The van der Waals surface area contributed by atoms with Crippen molar-refractivity contribution in [3.8, 4) is 0 Å². The summed E-state index contributed by atoms with van der Waals surface area (Å²) in [7, 11) is -9.85. The smallest absolute Gasteiger partial charge is 0.463 e. The molecule has 0 heterocycles. The van der Waals surface area contributed by atoms with Gasteiger partial charge >= 0.3 is 33.6 Å². The quantitative estimate of drug-likeness (QED) is 0.0146. The highest BCUT2D eigenvalue weighted by atomic mass is 31.2. The first-order valence-corrected chi connectivity index (χ1v) is 45.4. The Labute approximate surface area is 673 Å². The highest BCUT2D eigenvalue weighted by Gasteiger charge is 2.29. The second kappa shape index (κ2) is 83.6. The third kappa shape index (κ3) is 84.9. The van der Waals surface area contributed by atoms with Crippen LogP contribution in [0.15, 0.2) is 207 Å². The predicted molar refractivity (Wildman–Crippen MR) is 463 cm³/mol. The van der Waals surface area contributed by atoms with Gasteiger partial charge in [0.15, 0.2) is 6.10 Å². The van der Waals surface area contributed by atoms with Gasteiger partial charge in [0.25, 0.3) is 0 Å². The maximum Gasteiger partial charge on any atom is 0.472 e. The molecule has 0 aliphatic rings. The first kappa shape index (κ1) is 105. The van der Waals surface area contributed by atoms with E-state index in [1.54, 1.807) is 0 Å². The van der Waals surface area contributed by atoms with E-state index in [-0.39, 0.29) is 19.3 Å². The minimum absolute atomic E-state index is 0.0386. The molecule has 0 radical (unpaired) electrons. The molecule has 0 fully saturated rings. The molecule has 0 aromatic rings. The maximum atomic E-state index is 13.0. The van der Waals surface area contributed by atoms with Crippen LogP contribution in [0.3, 0.4) is 0 Å². The lowest BCUT2D eigenvalue weighted by molar-refractivity contribution is -0.161. The zero-order valence-corrected chi connectivity index (χ0v) is 70.6. The monoisotopic (exact) mass is 1590 g/mol. The standard InChI is InChI=1S/C93H150O16P2/c1-4-7-10-13-16-19-22-25-28-31-34-36-37-38-39-40-41-42-43-44-45-46-47-48-49-51-54-55-58-61-64-67-70-73-76-79-91(96)103-82-88(94)83-105-110(99,100)106-84-89(95)85-107-111(101,102)108-87-90(109-93(98)81-78-75-72-69-66-63-60-57-52-33-30-27-24-21-18-15-12-9-6-3)86-104-92(97)80-77-74-71-68-65-62-59-56-53-50-35-32-29-26-23-20-17-14-11-8-5-2/h7-12,16-21,25-30,34-36,38-39,50,52,56-57,59,63,65-66,68,72,75,88-90,94-95H,4-6,13-15,22-24,31-33,37,40-49,51,53-55,58,60-62,64,67,69-71,73-74,76-87H2,1-3H3,(H,99,100)(H,101,102)/b10-7-,11-8-,12-9-,19-16-,20-17-,21-18-,28-25-,29-26-,30-27-,36-34-,39-38-,50-35-,57-52-,59-56-,66-63-,68-65-,75-72-. The molecule has 0 aromatic carbocycles. The topological polar surface area (TPSA) is 231 Å². The minimum Gasteiger partial charge on any atom is -0.463 e. The lowest BCUT2D eigenvalue weighted by Gasteiger charge is -2.21. The molecular formula is C93H150O16P2. The lowest BCUT2D eigenvalue weighted by atomic mass is 10.0. The number of carbonyl (C=O) groups is 3. The van der Waals surface area contributed by atoms with Crippen LogP contribution < -0.4 is 0 Å². The van der Waals surface area contributed by atoms with Gasteiger partial charge in [0, 0.05) is 19.3 Å². The molecule has 0 aliphatic heterocycles. The van der Waals surface area contributed by atoms with Crippen molar-refractivity contribution < 1.29 is 75.8 Å². The maximum absolute atomic E-state index is 13.0. The summed E-state index contributed by atoms with van der Waals surface area (Å²) in [6, 6.07) is 0. The number of unbranched alkanes of at least 4 members (excludes halogenated alkanes) is 21. The molecule has 0 saturated carbocycles. The minimum atomic E-state index is -4.97. The Kier molecular flexibility index (Phi) is 79.1. The van der Waals surface area contributed by atoms with E-state index in [1.807, 2.05) is 18.2 Å². The predicted octanol–water partition coefficient (Wildman–Crippen LogP) is 25.7. The summed E-state index contributed by atoms with van der Waals surface area (Å²) < 4.78 is 61.1. The zero-order valence-electron chi connectivity index (χ0n) is 68.8. The SMILES string of the molecule is CC/C=C\C/C=C\C/C=C\C/C=C\C/C=C\C/C=C\CCCCC(=O)OCC(COP(=O)(O)OCC(O)COP(=O)(O)OCC(O)COC(=O)CCCCCCCCCCCCCCCCCCCCC/C=C\C/C=C\C/C=C\C/C=C\C/C=C\CC)OC(=O)CC/C=C\C/C=C\C/C=C\C/C=C\C/C=C\C/C=C\CC. The number of carbonyl (C=O) groups excluding carboxylic acids is 3. The highest BCUT2D eigenvalue weighted by molar-refractivity contribution is 7.47. The summed E-state index contributed by atoms with van der Waals surface area (Å²) in [5, 5.41) is 20.7. The second-order valence-corrected chi connectivity index (χ2v) is 30.4. The van der Waals surface area contributed by atoms with Crippen LogP contribution in [0.5, 0.6) is 0 Å². The van der Waals surface area contributed by atoms with Gasteiger partial charge in [0.2, 0.25) is 0 Å². The third-order valence-corrected chi connectivity index (χ3v) is 18.9. The summed E-state index contributed by atoms with van der Waals surface area (Å²) in [4.78, 5) is 58.7. The Morgan fingerprint density at radius 2 is 0.468 bits per heavy atom. The molecule has 16 nitrogen and oxygen atoms in total. The molecule has 18 heteroatoms. The number of allylic oxidation sites excluding steroid dienone is 34. The fourth-order valence-electron chi connectivity index (χ4n) is 10.7. The van der Waals surface area contributed by atoms with Crippen molar-refractivity contribution in [2.75, 3.05) is 39.6 Å². The highest BCUT2D eigenvalue weighted by Crippen LogP contribution is 2.45. The van der Waals surface area contributed by atoms with E-state index in [4.69, 9.17) is 32.3 Å². The van der Waals surface area contributed by atoms with E-state index < -0.39 is 91.5 Å². The number of hydrogen-bond donors (Lipinski definition) is 4. The number of ether oxygens (including phenoxy) is 3. The Balaban J connectivity index is 4.57. The molecule has 0 spiro atoms. The van der Waals surface area contributed by atoms with E-state index in [2.05, 4.69) is 209 Å². The van der Waals surface area contributed by atoms with Gasteiger partial charge < -0.3 is 34.2 Å². The van der Waals surface area contributed by atoms with E-state index >= 15 is 0 Å². The Bertz CT molecular complexity index is 2850. The van der Waals surface area contributed by atoms with Crippen LogP contribution in [0, 0.1) is 0 Å². The number of phosphoric acid groups is 2. The van der Waals surface area contributed by atoms with E-state index in [9.17, 15) is 43.5 Å². The van der Waals surface area contributed by atoms with Crippen LogP contribution in [-0.4, -0.2) is 95.9 Å². The number of esters is 3. The summed E-state index contributed by atoms with van der Waals surface area (Å²) in [5.74, 6) is -1.74. The van der Waals surface area contributed by atoms with Gasteiger partial charge in [-0.2, -0.15) is 0 Å². The number of phosphoric ester groups is 2. The van der Waals surface area contributed by atoms with Gasteiger partial charge in [0.05, 0.1) is 26.4 Å². The number of aliphatic hydroxyl groups is 2. The average Bonchev–Trinajstić information content (AvgIpc) is 0.902.